The molecule has 0 aliphatic carbocycles. The molecular weight excluding hydrogens is 1120 g/mol. The number of hydrogen-bond donors (Lipinski definition) is 0. The first-order valence-corrected chi connectivity index (χ1v) is 27.8. The van der Waals surface area contributed by atoms with Crippen LogP contribution in [0.25, 0.3) is 100 Å². The Labute approximate surface area is 470 Å². The van der Waals surface area contributed by atoms with Crippen LogP contribution in [0.3, 0.4) is 0 Å². The highest BCUT2D eigenvalue weighted by molar-refractivity contribution is 9.11. The average Bonchev–Trinajstić information content (AvgIpc) is 3.52. The molecule has 0 spiro atoms. The van der Waals surface area contributed by atoms with Crippen LogP contribution in [-0.2, 0) is 0 Å². The molecule has 0 aliphatic rings. The maximum Gasteiger partial charge on any atom is 0.0605 e. The number of benzene rings is 12. The number of rotatable bonds is 12. The Kier molecular flexibility index (Phi) is 14.1. The zero-order chi connectivity index (χ0) is 51.4. The van der Waals surface area contributed by atoms with E-state index in [1.165, 1.54) is 83.5 Å². The van der Waals surface area contributed by atoms with Crippen LogP contribution in [0.15, 0.2) is 305 Å². The Morgan fingerprint density at radius 3 is 0.566 bits per heavy atom. The van der Waals surface area contributed by atoms with Gasteiger partial charge in [0.05, 0.1) is 17.1 Å². The topological polar surface area (TPSA) is 3.24 Å². The minimum atomic E-state index is 0.945. The van der Waals surface area contributed by atoms with Gasteiger partial charge in [-0.05, 0) is 184 Å². The Bertz CT molecular complexity index is 3400. The van der Waals surface area contributed by atoms with Gasteiger partial charge >= 0.3 is 0 Å². The minimum Gasteiger partial charge on any atom is -0.307 e. The summed E-state index contributed by atoms with van der Waals surface area (Å²) in [6, 6.07) is 105. The molecule has 0 bridgehead atoms. The summed E-state index contributed by atoms with van der Waals surface area (Å²) in [4.78, 5) is 2.36. The summed E-state index contributed by atoms with van der Waals surface area (Å²) >= 11 is 12.7. The van der Waals surface area contributed by atoms with Crippen LogP contribution in [0.1, 0.15) is 0 Å². The van der Waals surface area contributed by atoms with Crippen LogP contribution < -0.4 is 4.90 Å². The summed E-state index contributed by atoms with van der Waals surface area (Å²) in [6.07, 6.45) is 0. The van der Waals surface area contributed by atoms with E-state index in [0.717, 1.165) is 47.2 Å². The first-order valence-electron chi connectivity index (χ1n) is 25.4. The molecule has 0 saturated heterocycles. The van der Waals surface area contributed by atoms with Gasteiger partial charge in [0.25, 0.3) is 0 Å². The molecule has 12 rings (SSSR count). The lowest BCUT2D eigenvalue weighted by Crippen LogP contribution is -2.12. The highest BCUT2D eigenvalue weighted by atomic mass is 79.9. The molecule has 12 aromatic carbocycles. The first-order chi connectivity index (χ1) is 37.5. The van der Waals surface area contributed by atoms with E-state index < -0.39 is 0 Å². The minimum absolute atomic E-state index is 0.945. The monoisotopic (exact) mass is 1160 g/mol. The van der Waals surface area contributed by atoms with Crippen molar-refractivity contribution in [3.05, 3.63) is 305 Å². The van der Waals surface area contributed by atoms with E-state index in [1.807, 2.05) is 0 Å². The van der Waals surface area contributed by atoms with Crippen molar-refractivity contribution >= 4 is 64.9 Å². The van der Waals surface area contributed by atoms with E-state index in [4.69, 9.17) is 0 Å². The molecule has 1 nitrogen and oxygen atoms in total. The van der Waals surface area contributed by atoms with Gasteiger partial charge in [-0.3, -0.25) is 0 Å². The van der Waals surface area contributed by atoms with Crippen molar-refractivity contribution in [3.63, 3.8) is 0 Å². The molecule has 0 aliphatic heterocycles. The van der Waals surface area contributed by atoms with E-state index in [0.29, 0.717) is 0 Å². The molecule has 4 heteroatoms. The standard InChI is InChI=1S/C72H48Br3N/c73-64-46-55(70-58(49-22-7-1-8-23-49)34-19-35-59(70)50-24-9-2-10-25-50)40-43-67(64)76(68-44-41-56(47-65(68)74)71-60(51-26-11-3-12-27-51)36-20-37-61(71)52-28-13-4-14-29-52)69-45-42-57(48-66(69)75)72-62(53-30-15-5-16-31-53)38-21-39-63(72)54-32-17-6-18-33-54/h1-48H. The lowest BCUT2D eigenvalue weighted by atomic mass is 9.87. The predicted molar refractivity (Wildman–Crippen MR) is 333 cm³/mol. The van der Waals surface area contributed by atoms with Gasteiger partial charge in [0.1, 0.15) is 0 Å². The Morgan fingerprint density at radius 2 is 0.382 bits per heavy atom. The second kappa shape index (κ2) is 22.0. The van der Waals surface area contributed by atoms with E-state index in [-0.39, 0.29) is 0 Å². The van der Waals surface area contributed by atoms with Crippen molar-refractivity contribution in [2.45, 2.75) is 0 Å². The van der Waals surface area contributed by atoms with Crippen molar-refractivity contribution in [2.24, 2.45) is 0 Å². The van der Waals surface area contributed by atoms with Gasteiger partial charge in [-0.1, -0.05) is 255 Å². The molecule has 12 aromatic rings. The first kappa shape index (κ1) is 48.8. The second-order valence-electron chi connectivity index (χ2n) is 18.7. The SMILES string of the molecule is Brc1cc(-c2c(-c3ccccc3)cccc2-c2ccccc2)ccc1N(c1ccc(-c2c(-c3ccccc3)cccc2-c2ccccc2)cc1Br)c1ccc(-c2c(-c3ccccc3)cccc2-c2ccccc2)cc1Br. The Balaban J connectivity index is 1.05. The van der Waals surface area contributed by atoms with E-state index in [9.17, 15) is 0 Å². The van der Waals surface area contributed by atoms with Crippen molar-refractivity contribution < 1.29 is 0 Å². The fourth-order valence-corrected chi connectivity index (χ4v) is 12.3. The molecule has 0 aromatic heterocycles. The lowest BCUT2D eigenvalue weighted by Gasteiger charge is -2.30. The maximum absolute atomic E-state index is 4.22. The van der Waals surface area contributed by atoms with Gasteiger partial charge in [-0.2, -0.15) is 0 Å². The summed E-state index contributed by atoms with van der Waals surface area (Å²) in [5, 5.41) is 0. The largest absolute Gasteiger partial charge is 0.307 e. The zero-order valence-electron chi connectivity index (χ0n) is 41.3. The molecule has 0 atom stereocenters. The van der Waals surface area contributed by atoms with Crippen molar-refractivity contribution in [1.29, 1.82) is 0 Å². The lowest BCUT2D eigenvalue weighted by molar-refractivity contribution is 1.25. The van der Waals surface area contributed by atoms with Gasteiger partial charge in [-0.25, -0.2) is 0 Å². The van der Waals surface area contributed by atoms with E-state index in [1.54, 1.807) is 0 Å². The van der Waals surface area contributed by atoms with Crippen molar-refractivity contribution in [1.82, 2.24) is 0 Å². The molecule has 76 heavy (non-hydrogen) atoms. The fraction of sp³-hybridized carbons (Fsp3) is 0. The Hall–Kier alpha value is -8.12. The molecule has 362 valence electrons. The van der Waals surface area contributed by atoms with Crippen LogP contribution >= 0.6 is 47.8 Å². The third kappa shape index (κ3) is 9.72. The summed E-state index contributed by atoms with van der Waals surface area (Å²) in [6.45, 7) is 0. The van der Waals surface area contributed by atoms with Crippen LogP contribution in [0.2, 0.25) is 0 Å². The maximum atomic E-state index is 4.22. The highest BCUT2D eigenvalue weighted by Crippen LogP contribution is 2.51. The third-order valence-corrected chi connectivity index (χ3v) is 16.0. The molecule has 0 heterocycles. The zero-order valence-corrected chi connectivity index (χ0v) is 46.1. The second-order valence-corrected chi connectivity index (χ2v) is 21.3. The van der Waals surface area contributed by atoms with Gasteiger partial charge in [0, 0.05) is 13.4 Å². The fourth-order valence-electron chi connectivity index (χ4n) is 10.7. The molecule has 0 radical (unpaired) electrons. The van der Waals surface area contributed by atoms with Gasteiger partial charge in [0.15, 0.2) is 0 Å². The number of hydrogen-bond acceptors (Lipinski definition) is 1. The average molecular weight is 1170 g/mol. The van der Waals surface area contributed by atoms with Gasteiger partial charge < -0.3 is 4.90 Å². The van der Waals surface area contributed by atoms with Crippen molar-refractivity contribution in [3.8, 4) is 100 Å². The number of halogens is 3. The molecule has 0 N–H and O–H groups in total. The summed E-state index contributed by atoms with van der Waals surface area (Å²) in [5.74, 6) is 0. The van der Waals surface area contributed by atoms with Gasteiger partial charge in [0.2, 0.25) is 0 Å². The molecule has 0 amide bonds. The smallest absolute Gasteiger partial charge is 0.0605 e. The molecule has 0 fully saturated rings. The van der Waals surface area contributed by atoms with Crippen LogP contribution in [0.4, 0.5) is 17.1 Å². The summed E-state index contributed by atoms with van der Waals surface area (Å²) in [7, 11) is 0. The molecule has 0 saturated carbocycles. The molecule has 0 unspecified atom stereocenters. The Morgan fingerprint density at radius 1 is 0.184 bits per heavy atom. The summed E-state index contributed by atoms with van der Waals surface area (Å²) in [5.41, 5.74) is 23.8. The highest BCUT2D eigenvalue weighted by Gasteiger charge is 2.25. The number of anilines is 3. The van der Waals surface area contributed by atoms with E-state index in [2.05, 4.69) is 344 Å². The van der Waals surface area contributed by atoms with Gasteiger partial charge in [-0.15, -0.1) is 0 Å². The van der Waals surface area contributed by atoms with E-state index >= 15 is 0 Å². The quantitative estimate of drug-likeness (QED) is 0.118. The molecular formula is C72H48Br3N. The van der Waals surface area contributed by atoms with Crippen LogP contribution in [0, 0.1) is 0 Å². The third-order valence-electron chi connectivity index (χ3n) is 14.1. The summed E-state index contributed by atoms with van der Waals surface area (Å²) < 4.78 is 2.83. The normalized spacial score (nSPS) is 11.1. The van der Waals surface area contributed by atoms with Crippen LogP contribution in [-0.4, -0.2) is 0 Å². The van der Waals surface area contributed by atoms with Crippen LogP contribution in [0.5, 0.6) is 0 Å². The number of nitrogens with zero attached hydrogens (tertiary/aromatic N) is 1. The predicted octanol–water partition coefficient (Wildman–Crippen LogP) is 22.4. The van der Waals surface area contributed by atoms with Crippen molar-refractivity contribution in [2.75, 3.05) is 4.90 Å².